The average molecular weight is 153 g/mol. The molecule has 1 fully saturated rings. The Balaban J connectivity index is 2.28. The molecule has 1 unspecified atom stereocenters. The van der Waals surface area contributed by atoms with Crippen molar-refractivity contribution in [1.29, 1.82) is 0 Å². The van der Waals surface area contributed by atoms with E-state index in [1.807, 2.05) is 0 Å². The predicted molar refractivity (Wildman–Crippen MR) is 49.7 cm³/mol. The number of allylic oxidation sites excluding steroid dienone is 1. The Morgan fingerprint density at radius 1 is 1.64 bits per heavy atom. The van der Waals surface area contributed by atoms with Gasteiger partial charge in [0.25, 0.3) is 0 Å². The van der Waals surface area contributed by atoms with Gasteiger partial charge in [-0.25, -0.2) is 0 Å². The van der Waals surface area contributed by atoms with E-state index >= 15 is 0 Å². The van der Waals surface area contributed by atoms with Crippen LogP contribution in [0.25, 0.3) is 0 Å². The van der Waals surface area contributed by atoms with Crippen molar-refractivity contribution in [2.45, 2.75) is 45.1 Å². The van der Waals surface area contributed by atoms with Gasteiger partial charge >= 0.3 is 0 Å². The molecule has 0 amide bonds. The fourth-order valence-corrected chi connectivity index (χ4v) is 1.66. The van der Waals surface area contributed by atoms with Crippen LogP contribution in [0.4, 0.5) is 0 Å². The van der Waals surface area contributed by atoms with Gasteiger partial charge in [0.2, 0.25) is 0 Å². The SMILES string of the molecule is C=C(C)CCC1(C)CCCN1. The summed E-state index contributed by atoms with van der Waals surface area (Å²) in [5.74, 6) is 0. The van der Waals surface area contributed by atoms with E-state index in [1.54, 1.807) is 0 Å². The van der Waals surface area contributed by atoms with Crippen molar-refractivity contribution < 1.29 is 0 Å². The number of hydrogen-bond donors (Lipinski definition) is 1. The Morgan fingerprint density at radius 2 is 2.36 bits per heavy atom. The molecule has 1 atom stereocenters. The van der Waals surface area contributed by atoms with E-state index in [2.05, 4.69) is 25.7 Å². The highest BCUT2D eigenvalue weighted by atomic mass is 15.0. The minimum absolute atomic E-state index is 0.416. The van der Waals surface area contributed by atoms with Crippen LogP contribution in [-0.4, -0.2) is 12.1 Å². The zero-order valence-corrected chi connectivity index (χ0v) is 7.74. The van der Waals surface area contributed by atoms with Crippen molar-refractivity contribution >= 4 is 0 Å². The third-order valence-corrected chi connectivity index (χ3v) is 2.56. The molecule has 64 valence electrons. The largest absolute Gasteiger partial charge is 0.312 e. The lowest BCUT2D eigenvalue weighted by Gasteiger charge is -2.24. The number of nitrogens with one attached hydrogen (secondary N) is 1. The highest BCUT2D eigenvalue weighted by Gasteiger charge is 2.26. The maximum atomic E-state index is 3.92. The van der Waals surface area contributed by atoms with Gasteiger partial charge < -0.3 is 5.32 Å². The first-order chi connectivity index (χ1) is 5.12. The zero-order chi connectivity index (χ0) is 8.32. The highest BCUT2D eigenvalue weighted by molar-refractivity contribution is 4.95. The van der Waals surface area contributed by atoms with Crippen LogP contribution in [0.5, 0.6) is 0 Å². The van der Waals surface area contributed by atoms with Crippen LogP contribution in [0, 0.1) is 0 Å². The van der Waals surface area contributed by atoms with Crippen LogP contribution in [0.1, 0.15) is 39.5 Å². The summed E-state index contributed by atoms with van der Waals surface area (Å²) in [5.41, 5.74) is 1.72. The molecule has 0 aliphatic carbocycles. The van der Waals surface area contributed by atoms with Crippen molar-refractivity contribution in [2.24, 2.45) is 0 Å². The lowest BCUT2D eigenvalue weighted by molar-refractivity contribution is 0.384. The molecule has 1 aliphatic rings. The monoisotopic (exact) mass is 153 g/mol. The molecule has 1 aliphatic heterocycles. The molecule has 1 saturated heterocycles. The van der Waals surface area contributed by atoms with E-state index < -0.39 is 0 Å². The van der Waals surface area contributed by atoms with Gasteiger partial charge in [0.1, 0.15) is 0 Å². The van der Waals surface area contributed by atoms with E-state index in [9.17, 15) is 0 Å². The Labute approximate surface area is 69.9 Å². The second-order valence-electron chi connectivity index (χ2n) is 4.05. The van der Waals surface area contributed by atoms with Crippen LogP contribution in [-0.2, 0) is 0 Å². The van der Waals surface area contributed by atoms with Crippen LogP contribution in [0.15, 0.2) is 12.2 Å². The first kappa shape index (κ1) is 8.79. The van der Waals surface area contributed by atoms with Gasteiger partial charge in [-0.1, -0.05) is 5.57 Å². The molecular formula is C10H19N. The average Bonchev–Trinajstić information content (AvgIpc) is 2.33. The maximum absolute atomic E-state index is 3.92. The molecule has 1 rings (SSSR count). The molecule has 11 heavy (non-hydrogen) atoms. The van der Waals surface area contributed by atoms with Crippen molar-refractivity contribution in [1.82, 2.24) is 5.32 Å². The Kier molecular flexibility index (Phi) is 2.72. The lowest BCUT2D eigenvalue weighted by Crippen LogP contribution is -2.35. The molecule has 1 heteroatoms. The lowest BCUT2D eigenvalue weighted by atomic mass is 9.92. The molecule has 0 saturated carbocycles. The summed E-state index contributed by atoms with van der Waals surface area (Å²) in [5, 5.41) is 3.55. The van der Waals surface area contributed by atoms with Gasteiger partial charge in [0.05, 0.1) is 0 Å². The molecule has 0 aromatic carbocycles. The molecule has 0 aromatic rings. The molecule has 0 aromatic heterocycles. The molecular weight excluding hydrogens is 134 g/mol. The van der Waals surface area contributed by atoms with Gasteiger partial charge in [0.15, 0.2) is 0 Å². The Morgan fingerprint density at radius 3 is 2.82 bits per heavy atom. The fraction of sp³-hybridized carbons (Fsp3) is 0.800. The molecule has 1 heterocycles. The number of rotatable bonds is 3. The summed E-state index contributed by atoms with van der Waals surface area (Å²) in [4.78, 5) is 0. The van der Waals surface area contributed by atoms with Crippen molar-refractivity contribution in [3.63, 3.8) is 0 Å². The summed E-state index contributed by atoms with van der Waals surface area (Å²) in [6.07, 6.45) is 5.10. The summed E-state index contributed by atoms with van der Waals surface area (Å²) in [6.45, 7) is 9.55. The topological polar surface area (TPSA) is 12.0 Å². The summed E-state index contributed by atoms with van der Waals surface area (Å²) in [7, 11) is 0. The first-order valence-electron chi connectivity index (χ1n) is 4.52. The standard InChI is InChI=1S/C10H19N/c1-9(2)5-7-10(3)6-4-8-11-10/h11H,1,4-8H2,2-3H3. The van der Waals surface area contributed by atoms with Crippen molar-refractivity contribution in [3.8, 4) is 0 Å². The summed E-state index contributed by atoms with van der Waals surface area (Å²) >= 11 is 0. The first-order valence-corrected chi connectivity index (χ1v) is 4.52. The Bertz CT molecular complexity index is 143. The minimum atomic E-state index is 0.416. The van der Waals surface area contributed by atoms with Crippen molar-refractivity contribution in [2.75, 3.05) is 6.54 Å². The van der Waals surface area contributed by atoms with Gasteiger partial charge in [-0.05, 0) is 46.1 Å². The van der Waals surface area contributed by atoms with Gasteiger partial charge in [-0.2, -0.15) is 0 Å². The van der Waals surface area contributed by atoms with Crippen molar-refractivity contribution in [3.05, 3.63) is 12.2 Å². The zero-order valence-electron chi connectivity index (χ0n) is 7.74. The third-order valence-electron chi connectivity index (χ3n) is 2.56. The quantitative estimate of drug-likeness (QED) is 0.614. The van der Waals surface area contributed by atoms with Crippen LogP contribution >= 0.6 is 0 Å². The van der Waals surface area contributed by atoms with Gasteiger partial charge in [-0.3, -0.25) is 0 Å². The second-order valence-corrected chi connectivity index (χ2v) is 4.05. The molecule has 1 N–H and O–H groups in total. The normalized spacial score (nSPS) is 30.7. The van der Waals surface area contributed by atoms with Crippen LogP contribution in [0.3, 0.4) is 0 Å². The third kappa shape index (κ3) is 2.66. The van der Waals surface area contributed by atoms with Crippen LogP contribution in [0.2, 0.25) is 0 Å². The van der Waals surface area contributed by atoms with E-state index in [-0.39, 0.29) is 0 Å². The number of hydrogen-bond acceptors (Lipinski definition) is 1. The van der Waals surface area contributed by atoms with Crippen LogP contribution < -0.4 is 5.32 Å². The minimum Gasteiger partial charge on any atom is -0.312 e. The smallest absolute Gasteiger partial charge is 0.0156 e. The van der Waals surface area contributed by atoms with E-state index in [0.29, 0.717) is 5.54 Å². The molecule has 0 radical (unpaired) electrons. The maximum Gasteiger partial charge on any atom is 0.0156 e. The molecule has 0 spiro atoms. The van der Waals surface area contributed by atoms with Gasteiger partial charge in [-0.15, -0.1) is 6.58 Å². The van der Waals surface area contributed by atoms with Gasteiger partial charge in [0, 0.05) is 5.54 Å². The highest BCUT2D eigenvalue weighted by Crippen LogP contribution is 2.24. The summed E-state index contributed by atoms with van der Waals surface area (Å²) < 4.78 is 0. The second kappa shape index (κ2) is 3.40. The van der Waals surface area contributed by atoms with E-state index in [1.165, 1.54) is 37.8 Å². The van der Waals surface area contributed by atoms with E-state index in [4.69, 9.17) is 0 Å². The predicted octanol–water partition coefficient (Wildman–Crippen LogP) is 2.48. The molecule has 1 nitrogen and oxygen atoms in total. The fourth-order valence-electron chi connectivity index (χ4n) is 1.66. The van der Waals surface area contributed by atoms with E-state index in [0.717, 1.165) is 0 Å². The summed E-state index contributed by atoms with van der Waals surface area (Å²) in [6, 6.07) is 0. The Hall–Kier alpha value is -0.300. The molecule has 0 bridgehead atoms.